The zero-order valence-corrected chi connectivity index (χ0v) is 13.6. The number of para-hydroxylation sites is 1. The Morgan fingerprint density at radius 2 is 2.04 bits per heavy atom. The minimum absolute atomic E-state index is 0.0984. The predicted molar refractivity (Wildman–Crippen MR) is 85.1 cm³/mol. The normalized spacial score (nSPS) is 16.2. The molecular formula is C15H19N3O4S. The monoisotopic (exact) mass is 337 g/mol. The summed E-state index contributed by atoms with van der Waals surface area (Å²) in [5.74, 6) is 0.303. The molecule has 2 aromatic rings. The highest BCUT2D eigenvalue weighted by Crippen LogP contribution is 2.26. The van der Waals surface area contributed by atoms with Crippen molar-refractivity contribution in [2.24, 2.45) is 0 Å². The van der Waals surface area contributed by atoms with Crippen LogP contribution >= 0.6 is 0 Å². The molecule has 0 spiro atoms. The fraction of sp³-hybridized carbons (Fsp3) is 0.400. The second kappa shape index (κ2) is 6.59. The summed E-state index contributed by atoms with van der Waals surface area (Å²) in [6.07, 6.45) is 4.98. The van der Waals surface area contributed by atoms with Crippen molar-refractivity contribution in [1.82, 2.24) is 9.78 Å². The van der Waals surface area contributed by atoms with Crippen molar-refractivity contribution in [3.8, 4) is 5.75 Å². The highest BCUT2D eigenvalue weighted by Gasteiger charge is 2.21. The van der Waals surface area contributed by atoms with Crippen LogP contribution in [0.25, 0.3) is 0 Å². The molecule has 7 nitrogen and oxygen atoms in total. The third-order valence-corrected chi connectivity index (χ3v) is 5.20. The van der Waals surface area contributed by atoms with Gasteiger partial charge in [0.2, 0.25) is 0 Å². The Balaban J connectivity index is 1.79. The summed E-state index contributed by atoms with van der Waals surface area (Å²) in [4.78, 5) is 0.0984. The van der Waals surface area contributed by atoms with Crippen molar-refractivity contribution in [3.63, 3.8) is 0 Å². The van der Waals surface area contributed by atoms with Crippen LogP contribution in [0.2, 0.25) is 0 Å². The van der Waals surface area contributed by atoms with E-state index in [9.17, 15) is 8.42 Å². The van der Waals surface area contributed by atoms with Crippen molar-refractivity contribution in [2.45, 2.75) is 23.8 Å². The Morgan fingerprint density at radius 3 is 2.78 bits per heavy atom. The van der Waals surface area contributed by atoms with Gasteiger partial charge >= 0.3 is 0 Å². The van der Waals surface area contributed by atoms with Crippen molar-refractivity contribution in [3.05, 3.63) is 36.7 Å². The highest BCUT2D eigenvalue weighted by molar-refractivity contribution is 7.92. The molecular weight excluding hydrogens is 318 g/mol. The maximum absolute atomic E-state index is 12.5. The number of sulfonamides is 1. The first-order valence-electron chi connectivity index (χ1n) is 7.38. The number of nitrogens with one attached hydrogen (secondary N) is 1. The fourth-order valence-corrected chi connectivity index (χ4v) is 3.79. The first-order valence-corrected chi connectivity index (χ1v) is 8.86. The lowest BCUT2D eigenvalue weighted by atomic mass is 10.1. The number of ether oxygens (including phenoxy) is 2. The summed E-state index contributed by atoms with van der Waals surface area (Å²) in [5.41, 5.74) is 0.433. The molecule has 0 aliphatic carbocycles. The van der Waals surface area contributed by atoms with Crippen molar-refractivity contribution in [1.29, 1.82) is 0 Å². The Bertz CT molecular complexity index is 767. The van der Waals surface area contributed by atoms with Gasteiger partial charge in [0.1, 0.15) is 10.6 Å². The Morgan fingerprint density at radius 1 is 1.30 bits per heavy atom. The molecule has 1 N–H and O–H groups in total. The number of anilines is 1. The summed E-state index contributed by atoms with van der Waals surface area (Å²) >= 11 is 0. The number of methoxy groups -OCH3 is 1. The molecule has 1 saturated heterocycles. The van der Waals surface area contributed by atoms with Gasteiger partial charge in [-0.2, -0.15) is 5.10 Å². The van der Waals surface area contributed by atoms with Gasteiger partial charge < -0.3 is 9.47 Å². The lowest BCUT2D eigenvalue weighted by Gasteiger charge is -2.22. The summed E-state index contributed by atoms with van der Waals surface area (Å²) in [7, 11) is -2.28. The first-order chi connectivity index (χ1) is 11.1. The molecule has 23 heavy (non-hydrogen) atoms. The maximum atomic E-state index is 12.5. The molecule has 8 heteroatoms. The molecule has 1 fully saturated rings. The van der Waals surface area contributed by atoms with E-state index < -0.39 is 10.0 Å². The zero-order chi connectivity index (χ0) is 16.3. The summed E-state index contributed by atoms with van der Waals surface area (Å²) in [6, 6.07) is 6.74. The van der Waals surface area contributed by atoms with Crippen LogP contribution in [0.3, 0.4) is 0 Å². The van der Waals surface area contributed by atoms with E-state index in [1.165, 1.54) is 19.4 Å². The Labute approximate surface area is 135 Å². The quantitative estimate of drug-likeness (QED) is 0.903. The zero-order valence-electron chi connectivity index (χ0n) is 12.8. The fourth-order valence-electron chi connectivity index (χ4n) is 2.59. The van der Waals surface area contributed by atoms with E-state index in [1.54, 1.807) is 29.1 Å². The minimum Gasteiger partial charge on any atom is -0.495 e. The van der Waals surface area contributed by atoms with Crippen molar-refractivity contribution >= 4 is 15.7 Å². The smallest absolute Gasteiger partial charge is 0.265 e. The molecule has 1 aliphatic heterocycles. The van der Waals surface area contributed by atoms with E-state index in [0.29, 0.717) is 24.7 Å². The van der Waals surface area contributed by atoms with Crippen LogP contribution in [0.15, 0.2) is 41.6 Å². The lowest BCUT2D eigenvalue weighted by Crippen LogP contribution is -2.19. The molecule has 0 bridgehead atoms. The van der Waals surface area contributed by atoms with Crippen LogP contribution in [0, 0.1) is 0 Å². The SMILES string of the molecule is COc1ccccc1S(=O)(=O)Nc1cnn(C2CCOCC2)c1. The molecule has 2 heterocycles. The Hall–Kier alpha value is -2.06. The second-order valence-corrected chi connectivity index (χ2v) is 6.96. The average Bonchev–Trinajstić information content (AvgIpc) is 3.03. The predicted octanol–water partition coefficient (Wildman–Crippen LogP) is 2.04. The minimum atomic E-state index is -3.73. The van der Waals surface area contributed by atoms with E-state index in [4.69, 9.17) is 9.47 Å². The molecule has 0 saturated carbocycles. The number of benzene rings is 1. The average molecular weight is 337 g/mol. The number of nitrogens with zero attached hydrogens (tertiary/aromatic N) is 2. The number of hydrogen-bond acceptors (Lipinski definition) is 5. The molecule has 3 rings (SSSR count). The third-order valence-electron chi connectivity index (χ3n) is 3.78. The number of hydrogen-bond donors (Lipinski definition) is 1. The molecule has 124 valence electrons. The summed E-state index contributed by atoms with van der Waals surface area (Å²) in [5, 5.41) is 4.26. The van der Waals surface area contributed by atoms with Gasteiger partial charge in [-0.3, -0.25) is 9.40 Å². The molecule has 0 unspecified atom stereocenters. The first kappa shape index (κ1) is 15.8. The van der Waals surface area contributed by atoms with Gasteiger partial charge in [-0.1, -0.05) is 12.1 Å². The molecule has 1 aliphatic rings. The van der Waals surface area contributed by atoms with E-state index in [1.807, 2.05) is 0 Å². The van der Waals surface area contributed by atoms with Crippen LogP contribution in [0.1, 0.15) is 18.9 Å². The van der Waals surface area contributed by atoms with Crippen LogP contribution in [0.4, 0.5) is 5.69 Å². The van der Waals surface area contributed by atoms with Gasteiger partial charge in [0.15, 0.2) is 0 Å². The van der Waals surface area contributed by atoms with E-state index in [0.717, 1.165) is 12.8 Å². The van der Waals surface area contributed by atoms with Crippen molar-refractivity contribution in [2.75, 3.05) is 25.0 Å². The third kappa shape index (κ3) is 3.48. The van der Waals surface area contributed by atoms with Gasteiger partial charge in [0.25, 0.3) is 10.0 Å². The molecule has 0 radical (unpaired) electrons. The van der Waals surface area contributed by atoms with Crippen LogP contribution in [0.5, 0.6) is 5.75 Å². The summed E-state index contributed by atoms with van der Waals surface area (Å²) in [6.45, 7) is 1.40. The number of rotatable bonds is 5. The van der Waals surface area contributed by atoms with E-state index in [2.05, 4.69) is 9.82 Å². The van der Waals surface area contributed by atoms with Gasteiger partial charge in [0.05, 0.1) is 25.0 Å². The van der Waals surface area contributed by atoms with E-state index >= 15 is 0 Å². The van der Waals surface area contributed by atoms with Crippen LogP contribution < -0.4 is 9.46 Å². The standard InChI is InChI=1S/C15H19N3O4S/c1-21-14-4-2-3-5-15(14)23(19,20)17-12-10-16-18(11-12)13-6-8-22-9-7-13/h2-5,10-11,13,17H,6-9H2,1H3. The van der Waals surface area contributed by atoms with Crippen LogP contribution in [-0.2, 0) is 14.8 Å². The number of aromatic nitrogens is 2. The highest BCUT2D eigenvalue weighted by atomic mass is 32.2. The molecule has 0 atom stereocenters. The Kier molecular flexibility index (Phi) is 4.53. The van der Waals surface area contributed by atoms with E-state index in [-0.39, 0.29) is 10.9 Å². The van der Waals surface area contributed by atoms with Gasteiger partial charge in [-0.05, 0) is 25.0 Å². The van der Waals surface area contributed by atoms with Crippen LogP contribution in [-0.4, -0.2) is 38.5 Å². The summed E-state index contributed by atoms with van der Waals surface area (Å²) < 4.78 is 39.8. The topological polar surface area (TPSA) is 82.5 Å². The van der Waals surface area contributed by atoms with Gasteiger partial charge in [-0.25, -0.2) is 8.42 Å². The maximum Gasteiger partial charge on any atom is 0.265 e. The second-order valence-electron chi connectivity index (χ2n) is 5.31. The molecule has 1 aromatic heterocycles. The van der Waals surface area contributed by atoms with Gasteiger partial charge in [0, 0.05) is 19.4 Å². The van der Waals surface area contributed by atoms with Crippen molar-refractivity contribution < 1.29 is 17.9 Å². The van der Waals surface area contributed by atoms with Gasteiger partial charge in [-0.15, -0.1) is 0 Å². The lowest BCUT2D eigenvalue weighted by molar-refractivity contribution is 0.0662. The largest absolute Gasteiger partial charge is 0.495 e. The molecule has 1 aromatic carbocycles. The molecule has 0 amide bonds.